The number of alkyl halides is 1. The number of imidazole rings is 1. The number of aryl methyl sites for hydroxylation is 3. The number of halogens is 1. The maximum Gasteiger partial charge on any atom is 0.163 e. The van der Waals surface area contributed by atoms with Crippen LogP contribution in [0.4, 0.5) is 0 Å². The van der Waals surface area contributed by atoms with Crippen LogP contribution in [0.3, 0.4) is 0 Å². The summed E-state index contributed by atoms with van der Waals surface area (Å²) in [7, 11) is 0. The van der Waals surface area contributed by atoms with Gasteiger partial charge in [0, 0.05) is 12.2 Å². The number of hydrogen-bond donors (Lipinski definition) is 0. The van der Waals surface area contributed by atoms with Crippen LogP contribution in [-0.4, -0.2) is 19.3 Å². The molecule has 1 atom stereocenters. The molecule has 2 heterocycles. The summed E-state index contributed by atoms with van der Waals surface area (Å²) >= 11 is 6.36. The van der Waals surface area contributed by atoms with E-state index in [1.165, 1.54) is 5.56 Å². The van der Waals surface area contributed by atoms with Crippen LogP contribution >= 0.6 is 11.6 Å². The number of hydrogen-bond acceptors (Lipinski definition) is 2. The molecule has 0 fully saturated rings. The van der Waals surface area contributed by atoms with Gasteiger partial charge < -0.3 is 0 Å². The van der Waals surface area contributed by atoms with E-state index in [9.17, 15) is 0 Å². The van der Waals surface area contributed by atoms with Crippen LogP contribution in [0, 0.1) is 13.8 Å². The first-order valence-electron chi connectivity index (χ1n) is 7.19. The quantitative estimate of drug-likeness (QED) is 0.681. The molecule has 2 aromatic heterocycles. The zero-order chi connectivity index (χ0) is 15.1. The van der Waals surface area contributed by atoms with Crippen LogP contribution in [0.5, 0.6) is 0 Å². The van der Waals surface area contributed by atoms with Crippen molar-refractivity contribution in [2.24, 2.45) is 0 Å². The molecule has 3 rings (SSSR count). The number of fused-ring (bicyclic) bond motifs is 1. The average molecular weight is 303 g/mol. The minimum absolute atomic E-state index is 0.164. The van der Waals surface area contributed by atoms with Gasteiger partial charge in [0.2, 0.25) is 0 Å². The predicted octanol–water partition coefficient (Wildman–Crippen LogP) is 4.16. The Morgan fingerprint density at radius 1 is 1.29 bits per heavy atom. The fourth-order valence-electron chi connectivity index (χ4n) is 2.69. The Morgan fingerprint density at radius 2 is 2.05 bits per heavy atom. The van der Waals surface area contributed by atoms with Crippen LogP contribution in [0.2, 0.25) is 0 Å². The van der Waals surface area contributed by atoms with Gasteiger partial charge in [0.1, 0.15) is 11.3 Å². The summed E-state index contributed by atoms with van der Waals surface area (Å²) in [5.74, 6) is 0.861. The van der Waals surface area contributed by atoms with Crippen LogP contribution in [0.25, 0.3) is 16.9 Å². The first-order chi connectivity index (χ1) is 10.0. The van der Waals surface area contributed by atoms with Crippen molar-refractivity contribution in [3.8, 4) is 5.69 Å². The summed E-state index contributed by atoms with van der Waals surface area (Å²) in [6.07, 6.45) is 0. The van der Waals surface area contributed by atoms with Gasteiger partial charge in [0.25, 0.3) is 0 Å². The highest BCUT2D eigenvalue weighted by Crippen LogP contribution is 2.29. The summed E-state index contributed by atoms with van der Waals surface area (Å²) in [5.41, 5.74) is 5.18. The third kappa shape index (κ3) is 2.23. The van der Waals surface area contributed by atoms with Gasteiger partial charge >= 0.3 is 0 Å². The summed E-state index contributed by atoms with van der Waals surface area (Å²) in [6.45, 7) is 8.92. The van der Waals surface area contributed by atoms with Gasteiger partial charge in [-0.3, -0.25) is 4.57 Å². The Labute approximate surface area is 129 Å². The van der Waals surface area contributed by atoms with E-state index in [1.807, 2.05) is 18.5 Å². The van der Waals surface area contributed by atoms with E-state index in [0.29, 0.717) is 0 Å². The molecule has 110 valence electrons. The Bertz CT molecular complexity index is 798. The van der Waals surface area contributed by atoms with E-state index in [1.54, 1.807) is 0 Å². The molecule has 0 saturated carbocycles. The van der Waals surface area contributed by atoms with E-state index in [4.69, 9.17) is 16.6 Å². The molecule has 21 heavy (non-hydrogen) atoms. The summed E-state index contributed by atoms with van der Waals surface area (Å²) in [4.78, 5) is 4.73. The summed E-state index contributed by atoms with van der Waals surface area (Å²) in [6, 6.07) is 8.37. The van der Waals surface area contributed by atoms with Gasteiger partial charge in [0.15, 0.2) is 5.65 Å². The van der Waals surface area contributed by atoms with Gasteiger partial charge in [-0.15, -0.1) is 11.6 Å². The predicted molar refractivity (Wildman–Crippen MR) is 86.3 cm³/mol. The first kappa shape index (κ1) is 14.1. The fourth-order valence-corrected chi connectivity index (χ4v) is 2.84. The fraction of sp³-hybridized carbons (Fsp3) is 0.375. The number of benzene rings is 1. The van der Waals surface area contributed by atoms with E-state index in [-0.39, 0.29) is 5.38 Å². The highest BCUT2D eigenvalue weighted by Gasteiger charge is 2.21. The third-order valence-corrected chi connectivity index (χ3v) is 3.85. The Morgan fingerprint density at radius 3 is 2.67 bits per heavy atom. The minimum Gasteiger partial charge on any atom is -0.280 e. The molecule has 0 bridgehead atoms. The highest BCUT2D eigenvalue weighted by atomic mass is 35.5. The van der Waals surface area contributed by atoms with Crippen molar-refractivity contribution < 1.29 is 0 Å². The standard InChI is InChI=1S/C16H19ClN4/c1-5-20-16-14(12(4)19-20)18-15(11(3)17)21(16)13-8-6-7-10(2)9-13/h6-9,11H,5H2,1-4H3. The van der Waals surface area contributed by atoms with E-state index in [2.05, 4.69) is 47.8 Å². The summed E-state index contributed by atoms with van der Waals surface area (Å²) < 4.78 is 4.12. The van der Waals surface area contributed by atoms with Crippen molar-refractivity contribution in [1.29, 1.82) is 0 Å². The van der Waals surface area contributed by atoms with E-state index >= 15 is 0 Å². The molecule has 0 saturated heterocycles. The lowest BCUT2D eigenvalue weighted by Crippen LogP contribution is -2.07. The van der Waals surface area contributed by atoms with E-state index < -0.39 is 0 Å². The monoisotopic (exact) mass is 302 g/mol. The number of aromatic nitrogens is 4. The second-order valence-electron chi connectivity index (χ2n) is 5.33. The second kappa shape index (κ2) is 5.19. The van der Waals surface area contributed by atoms with Crippen molar-refractivity contribution in [3.63, 3.8) is 0 Å². The molecular formula is C16H19ClN4. The zero-order valence-corrected chi connectivity index (χ0v) is 13.5. The third-order valence-electron chi connectivity index (χ3n) is 3.65. The second-order valence-corrected chi connectivity index (χ2v) is 5.99. The van der Waals surface area contributed by atoms with Crippen LogP contribution in [0.1, 0.15) is 36.3 Å². The lowest BCUT2D eigenvalue weighted by atomic mass is 10.2. The van der Waals surface area contributed by atoms with E-state index in [0.717, 1.165) is 34.9 Å². The number of nitrogens with zero attached hydrogens (tertiary/aromatic N) is 4. The lowest BCUT2D eigenvalue weighted by molar-refractivity contribution is 0.658. The van der Waals surface area contributed by atoms with Gasteiger partial charge in [0.05, 0.1) is 11.1 Å². The molecule has 0 radical (unpaired) electrons. The zero-order valence-electron chi connectivity index (χ0n) is 12.8. The Kier molecular flexibility index (Phi) is 3.49. The minimum atomic E-state index is -0.164. The molecule has 0 amide bonds. The van der Waals surface area contributed by atoms with Gasteiger partial charge in [-0.1, -0.05) is 12.1 Å². The van der Waals surface area contributed by atoms with Crippen LogP contribution in [-0.2, 0) is 6.54 Å². The smallest absolute Gasteiger partial charge is 0.163 e. The molecule has 5 heteroatoms. The molecule has 0 aliphatic carbocycles. The molecule has 0 N–H and O–H groups in total. The van der Waals surface area contributed by atoms with Gasteiger partial charge in [-0.25, -0.2) is 9.67 Å². The van der Waals surface area contributed by atoms with Crippen LogP contribution in [0.15, 0.2) is 24.3 Å². The summed E-state index contributed by atoms with van der Waals surface area (Å²) in [5, 5.41) is 4.40. The highest BCUT2D eigenvalue weighted by molar-refractivity contribution is 6.20. The molecule has 0 spiro atoms. The molecule has 3 aromatic rings. The maximum absolute atomic E-state index is 6.36. The first-order valence-corrected chi connectivity index (χ1v) is 7.63. The molecule has 1 aromatic carbocycles. The van der Waals surface area contributed by atoms with Crippen molar-refractivity contribution in [2.75, 3.05) is 0 Å². The van der Waals surface area contributed by atoms with Crippen molar-refractivity contribution in [2.45, 2.75) is 39.6 Å². The number of rotatable bonds is 3. The van der Waals surface area contributed by atoms with Crippen molar-refractivity contribution in [3.05, 3.63) is 41.3 Å². The van der Waals surface area contributed by atoms with Crippen molar-refractivity contribution >= 4 is 22.8 Å². The molecule has 0 aliphatic rings. The molecule has 4 nitrogen and oxygen atoms in total. The van der Waals surface area contributed by atoms with Crippen molar-refractivity contribution in [1.82, 2.24) is 19.3 Å². The topological polar surface area (TPSA) is 35.6 Å². The molecule has 1 unspecified atom stereocenters. The van der Waals surface area contributed by atoms with Gasteiger partial charge in [-0.2, -0.15) is 5.10 Å². The Hall–Kier alpha value is -1.81. The SMILES string of the molecule is CCn1nc(C)c2nc(C(C)Cl)n(-c3cccc(C)c3)c21. The van der Waals surface area contributed by atoms with Gasteiger partial charge in [-0.05, 0) is 45.4 Å². The molecule has 0 aliphatic heterocycles. The molecular weight excluding hydrogens is 284 g/mol. The lowest BCUT2D eigenvalue weighted by Gasteiger charge is -2.12. The average Bonchev–Trinajstić information content (AvgIpc) is 2.97. The Balaban J connectivity index is 2.40. The maximum atomic E-state index is 6.36. The normalized spacial score (nSPS) is 13.0. The largest absolute Gasteiger partial charge is 0.280 e. The van der Waals surface area contributed by atoms with Crippen LogP contribution < -0.4 is 0 Å².